The third-order valence-corrected chi connectivity index (χ3v) is 2.43. The van der Waals surface area contributed by atoms with E-state index in [0.29, 0.717) is 12.0 Å². The fourth-order valence-corrected chi connectivity index (χ4v) is 1.49. The molecule has 0 aliphatic carbocycles. The molecule has 2 aromatic rings. The van der Waals surface area contributed by atoms with Crippen LogP contribution in [0.25, 0.3) is 0 Å². The van der Waals surface area contributed by atoms with Gasteiger partial charge in [-0.2, -0.15) is 0 Å². The minimum atomic E-state index is 0.0508. The molecule has 3 nitrogen and oxygen atoms in total. The van der Waals surface area contributed by atoms with Crippen molar-refractivity contribution in [1.29, 1.82) is 0 Å². The number of carbonyl (C=O) groups is 1. The average molecular weight is 212 g/mol. The van der Waals surface area contributed by atoms with Crippen molar-refractivity contribution in [1.82, 2.24) is 9.97 Å². The van der Waals surface area contributed by atoms with Gasteiger partial charge in [-0.15, -0.1) is 0 Å². The summed E-state index contributed by atoms with van der Waals surface area (Å²) in [6.07, 6.45) is 5.28. The van der Waals surface area contributed by atoms with Crippen molar-refractivity contribution in [3.05, 3.63) is 59.7 Å². The van der Waals surface area contributed by atoms with Crippen LogP contribution in [0, 0.1) is 6.92 Å². The Morgan fingerprint density at radius 2 is 2.06 bits per heavy atom. The standard InChI is InChI=1S/C13H12N2O/c1-10-4-2-7-15-12(10)8-13(16)11-5-3-6-14-9-11/h2-7,9H,8H2,1H3. The second-order valence-electron chi connectivity index (χ2n) is 3.61. The molecular formula is C13H12N2O. The first-order chi connectivity index (χ1) is 7.77. The van der Waals surface area contributed by atoms with E-state index in [2.05, 4.69) is 9.97 Å². The molecule has 0 spiro atoms. The molecule has 0 N–H and O–H groups in total. The molecule has 2 heterocycles. The summed E-state index contributed by atoms with van der Waals surface area (Å²) in [6.45, 7) is 1.96. The number of nitrogens with zero attached hydrogens (tertiary/aromatic N) is 2. The van der Waals surface area contributed by atoms with Gasteiger partial charge in [-0.3, -0.25) is 14.8 Å². The Labute approximate surface area is 94.2 Å². The van der Waals surface area contributed by atoms with Gasteiger partial charge < -0.3 is 0 Å². The van der Waals surface area contributed by atoms with Gasteiger partial charge in [0.05, 0.1) is 12.1 Å². The lowest BCUT2D eigenvalue weighted by Gasteiger charge is -2.03. The largest absolute Gasteiger partial charge is 0.294 e. The molecule has 0 saturated heterocycles. The van der Waals surface area contributed by atoms with E-state index in [9.17, 15) is 4.79 Å². The van der Waals surface area contributed by atoms with Crippen LogP contribution in [-0.2, 0) is 6.42 Å². The Bertz CT molecular complexity index is 494. The summed E-state index contributed by atoms with van der Waals surface area (Å²) in [5.41, 5.74) is 2.50. The molecule has 3 heteroatoms. The zero-order chi connectivity index (χ0) is 11.4. The van der Waals surface area contributed by atoms with E-state index in [1.165, 1.54) is 0 Å². The number of rotatable bonds is 3. The maximum absolute atomic E-state index is 11.9. The lowest BCUT2D eigenvalue weighted by Crippen LogP contribution is -2.06. The highest BCUT2D eigenvalue weighted by molar-refractivity contribution is 5.97. The van der Waals surface area contributed by atoms with Gasteiger partial charge in [-0.1, -0.05) is 6.07 Å². The summed E-state index contributed by atoms with van der Waals surface area (Å²) in [5, 5.41) is 0. The molecule has 2 aromatic heterocycles. The Morgan fingerprint density at radius 1 is 1.25 bits per heavy atom. The molecule has 0 aliphatic rings. The van der Waals surface area contributed by atoms with Gasteiger partial charge in [0.25, 0.3) is 0 Å². The number of aromatic nitrogens is 2. The first kappa shape index (κ1) is 10.5. The van der Waals surface area contributed by atoms with Crippen LogP contribution in [0.5, 0.6) is 0 Å². The summed E-state index contributed by atoms with van der Waals surface area (Å²) in [7, 11) is 0. The highest BCUT2D eigenvalue weighted by Gasteiger charge is 2.09. The van der Waals surface area contributed by atoms with Crippen LogP contribution in [0.15, 0.2) is 42.9 Å². The number of pyridine rings is 2. The van der Waals surface area contributed by atoms with E-state index < -0.39 is 0 Å². The number of hydrogen-bond acceptors (Lipinski definition) is 3. The van der Waals surface area contributed by atoms with Crippen molar-refractivity contribution in [3.63, 3.8) is 0 Å². The van der Waals surface area contributed by atoms with E-state index in [1.54, 1.807) is 30.7 Å². The third kappa shape index (κ3) is 2.31. The van der Waals surface area contributed by atoms with E-state index in [4.69, 9.17) is 0 Å². The van der Waals surface area contributed by atoms with Crippen LogP contribution >= 0.6 is 0 Å². The van der Waals surface area contributed by atoms with Crippen LogP contribution in [0.3, 0.4) is 0 Å². The van der Waals surface area contributed by atoms with Crippen LogP contribution in [0.1, 0.15) is 21.6 Å². The highest BCUT2D eigenvalue weighted by atomic mass is 16.1. The van der Waals surface area contributed by atoms with Crippen molar-refractivity contribution < 1.29 is 4.79 Å². The molecule has 0 aromatic carbocycles. The monoisotopic (exact) mass is 212 g/mol. The maximum atomic E-state index is 11.9. The predicted octanol–water partition coefficient (Wildman–Crippen LogP) is 2.21. The van der Waals surface area contributed by atoms with Crippen LogP contribution in [-0.4, -0.2) is 15.8 Å². The quantitative estimate of drug-likeness (QED) is 0.732. The smallest absolute Gasteiger partial charge is 0.170 e. The summed E-state index contributed by atoms with van der Waals surface area (Å²) < 4.78 is 0. The topological polar surface area (TPSA) is 42.9 Å². The molecule has 2 rings (SSSR count). The van der Waals surface area contributed by atoms with Crippen LogP contribution < -0.4 is 0 Å². The Morgan fingerprint density at radius 3 is 2.75 bits per heavy atom. The van der Waals surface area contributed by atoms with Gasteiger partial charge >= 0.3 is 0 Å². The normalized spacial score (nSPS) is 10.1. The molecule has 80 valence electrons. The van der Waals surface area contributed by atoms with Gasteiger partial charge in [0, 0.05) is 24.2 Å². The first-order valence-electron chi connectivity index (χ1n) is 5.11. The molecule has 0 atom stereocenters. The SMILES string of the molecule is Cc1cccnc1CC(=O)c1cccnc1. The number of ketones is 1. The second-order valence-corrected chi connectivity index (χ2v) is 3.61. The van der Waals surface area contributed by atoms with Crippen molar-refractivity contribution in [3.8, 4) is 0 Å². The van der Waals surface area contributed by atoms with Gasteiger partial charge in [0.15, 0.2) is 5.78 Å². The Kier molecular flexibility index (Phi) is 3.05. The van der Waals surface area contributed by atoms with Crippen LogP contribution in [0.2, 0.25) is 0 Å². The molecule has 0 fully saturated rings. The molecule has 0 saturated carbocycles. The highest BCUT2D eigenvalue weighted by Crippen LogP contribution is 2.08. The van der Waals surface area contributed by atoms with Gasteiger partial charge in [-0.05, 0) is 30.7 Å². The van der Waals surface area contributed by atoms with E-state index >= 15 is 0 Å². The average Bonchev–Trinajstić information content (AvgIpc) is 2.33. The maximum Gasteiger partial charge on any atom is 0.170 e. The molecule has 0 bridgehead atoms. The van der Waals surface area contributed by atoms with E-state index in [1.807, 2.05) is 19.1 Å². The fraction of sp³-hybridized carbons (Fsp3) is 0.154. The van der Waals surface area contributed by atoms with Gasteiger partial charge in [0.2, 0.25) is 0 Å². The fourth-order valence-electron chi connectivity index (χ4n) is 1.49. The number of Topliss-reactive ketones (excluding diaryl/α,β-unsaturated/α-hetero) is 1. The van der Waals surface area contributed by atoms with E-state index in [-0.39, 0.29) is 5.78 Å². The summed E-state index contributed by atoms with van der Waals surface area (Å²) in [5.74, 6) is 0.0508. The van der Waals surface area contributed by atoms with Crippen molar-refractivity contribution in [2.24, 2.45) is 0 Å². The summed E-state index contributed by atoms with van der Waals surface area (Å²) >= 11 is 0. The molecule has 0 unspecified atom stereocenters. The molecule has 0 amide bonds. The summed E-state index contributed by atoms with van der Waals surface area (Å²) in [4.78, 5) is 20.0. The Balaban J connectivity index is 2.18. The number of aryl methyl sites for hydroxylation is 1. The second kappa shape index (κ2) is 4.66. The van der Waals surface area contributed by atoms with Gasteiger partial charge in [0.1, 0.15) is 0 Å². The molecular weight excluding hydrogens is 200 g/mol. The predicted molar refractivity (Wildman–Crippen MR) is 61.2 cm³/mol. The van der Waals surface area contributed by atoms with Crippen molar-refractivity contribution in [2.75, 3.05) is 0 Å². The molecule has 0 aliphatic heterocycles. The van der Waals surface area contributed by atoms with Gasteiger partial charge in [-0.25, -0.2) is 0 Å². The van der Waals surface area contributed by atoms with Crippen molar-refractivity contribution in [2.45, 2.75) is 13.3 Å². The summed E-state index contributed by atoms with van der Waals surface area (Å²) in [6, 6.07) is 7.36. The lowest BCUT2D eigenvalue weighted by atomic mass is 10.1. The minimum Gasteiger partial charge on any atom is -0.294 e. The molecule has 16 heavy (non-hydrogen) atoms. The minimum absolute atomic E-state index is 0.0508. The number of hydrogen-bond donors (Lipinski definition) is 0. The molecule has 0 radical (unpaired) electrons. The van der Waals surface area contributed by atoms with Crippen LogP contribution in [0.4, 0.5) is 0 Å². The number of carbonyl (C=O) groups excluding carboxylic acids is 1. The zero-order valence-electron chi connectivity index (χ0n) is 9.05. The lowest BCUT2D eigenvalue weighted by molar-refractivity contribution is 0.0991. The zero-order valence-corrected chi connectivity index (χ0v) is 9.05. The van der Waals surface area contributed by atoms with Crippen molar-refractivity contribution >= 4 is 5.78 Å². The van der Waals surface area contributed by atoms with E-state index in [0.717, 1.165) is 11.3 Å². The first-order valence-corrected chi connectivity index (χ1v) is 5.11. The Hall–Kier alpha value is -2.03. The third-order valence-electron chi connectivity index (χ3n) is 2.43.